The lowest BCUT2D eigenvalue weighted by molar-refractivity contribution is 0.778. The number of pyridine rings is 1. The lowest BCUT2D eigenvalue weighted by Gasteiger charge is -2.11. The van der Waals surface area contributed by atoms with Gasteiger partial charge in [-0.3, -0.25) is 4.98 Å². The molecule has 0 aliphatic heterocycles. The molecule has 108 valence electrons. The van der Waals surface area contributed by atoms with E-state index in [1.54, 1.807) is 6.33 Å². The van der Waals surface area contributed by atoms with E-state index in [1.165, 1.54) is 16.7 Å². The fraction of sp³-hybridized carbons (Fsp3) is 0.333. The number of nitrogen functional groups attached to an aromatic ring is 1. The number of anilines is 1. The molecule has 6 nitrogen and oxygen atoms in total. The number of aryl methyl sites for hydroxylation is 2. The van der Waals surface area contributed by atoms with Crippen LogP contribution in [0.15, 0.2) is 12.5 Å². The highest BCUT2D eigenvalue weighted by Crippen LogP contribution is 2.19. The Labute approximate surface area is 123 Å². The molecule has 0 saturated heterocycles. The molecule has 6 heteroatoms. The SMILES string of the molecule is Cc1cnc(Cn2cnc3c(C)nc(N)nc32)c(C)c1C. The maximum absolute atomic E-state index is 5.74. The smallest absolute Gasteiger partial charge is 0.222 e. The van der Waals surface area contributed by atoms with E-state index in [4.69, 9.17) is 5.73 Å². The number of rotatable bonds is 2. The summed E-state index contributed by atoms with van der Waals surface area (Å²) in [5.74, 6) is 0.270. The molecule has 3 aromatic heterocycles. The Morgan fingerprint density at radius 1 is 1.05 bits per heavy atom. The van der Waals surface area contributed by atoms with Crippen molar-refractivity contribution in [1.82, 2.24) is 24.5 Å². The molecule has 0 radical (unpaired) electrons. The van der Waals surface area contributed by atoms with Crippen molar-refractivity contribution in [3.63, 3.8) is 0 Å². The van der Waals surface area contributed by atoms with Crippen LogP contribution < -0.4 is 5.73 Å². The first-order valence-electron chi connectivity index (χ1n) is 6.84. The summed E-state index contributed by atoms with van der Waals surface area (Å²) >= 11 is 0. The van der Waals surface area contributed by atoms with E-state index in [9.17, 15) is 0 Å². The molecular formula is C15H18N6. The molecule has 3 rings (SSSR count). The topological polar surface area (TPSA) is 82.5 Å². The van der Waals surface area contributed by atoms with E-state index >= 15 is 0 Å². The average molecular weight is 282 g/mol. The van der Waals surface area contributed by atoms with E-state index in [0.29, 0.717) is 6.54 Å². The summed E-state index contributed by atoms with van der Waals surface area (Å²) in [7, 11) is 0. The maximum Gasteiger partial charge on any atom is 0.222 e. The molecule has 21 heavy (non-hydrogen) atoms. The summed E-state index contributed by atoms with van der Waals surface area (Å²) in [6.45, 7) is 8.80. The third kappa shape index (κ3) is 2.22. The molecule has 0 atom stereocenters. The van der Waals surface area contributed by atoms with Gasteiger partial charge in [-0.2, -0.15) is 4.98 Å². The highest BCUT2D eigenvalue weighted by molar-refractivity contribution is 5.74. The van der Waals surface area contributed by atoms with E-state index in [1.807, 2.05) is 17.7 Å². The van der Waals surface area contributed by atoms with Crippen molar-refractivity contribution in [1.29, 1.82) is 0 Å². The lowest BCUT2D eigenvalue weighted by atomic mass is 10.0. The van der Waals surface area contributed by atoms with E-state index in [-0.39, 0.29) is 5.95 Å². The Bertz CT molecular complexity index is 834. The molecule has 0 aromatic carbocycles. The van der Waals surface area contributed by atoms with Crippen molar-refractivity contribution in [2.45, 2.75) is 34.2 Å². The number of fused-ring (bicyclic) bond motifs is 1. The van der Waals surface area contributed by atoms with Gasteiger partial charge < -0.3 is 10.3 Å². The Hall–Kier alpha value is -2.50. The minimum absolute atomic E-state index is 0.270. The van der Waals surface area contributed by atoms with Crippen molar-refractivity contribution in [3.8, 4) is 0 Å². The second kappa shape index (κ2) is 4.80. The van der Waals surface area contributed by atoms with Gasteiger partial charge in [0.25, 0.3) is 0 Å². The van der Waals surface area contributed by atoms with Crippen LogP contribution in [0.25, 0.3) is 11.2 Å². The van der Waals surface area contributed by atoms with Crippen LogP contribution >= 0.6 is 0 Å². The number of aromatic nitrogens is 5. The zero-order valence-corrected chi connectivity index (χ0v) is 12.7. The number of imidazole rings is 1. The van der Waals surface area contributed by atoms with Gasteiger partial charge in [-0.05, 0) is 44.4 Å². The fourth-order valence-electron chi connectivity index (χ4n) is 2.42. The maximum atomic E-state index is 5.74. The zero-order chi connectivity index (χ0) is 15.1. The average Bonchev–Trinajstić information content (AvgIpc) is 2.83. The van der Waals surface area contributed by atoms with Gasteiger partial charge in [0.2, 0.25) is 5.95 Å². The Morgan fingerprint density at radius 3 is 2.57 bits per heavy atom. The molecule has 0 fully saturated rings. The van der Waals surface area contributed by atoms with Crippen LogP contribution in [-0.2, 0) is 6.54 Å². The number of hydrogen-bond acceptors (Lipinski definition) is 5. The largest absolute Gasteiger partial charge is 0.368 e. The quantitative estimate of drug-likeness (QED) is 0.778. The molecule has 0 bridgehead atoms. The molecule has 3 aromatic rings. The predicted octanol–water partition coefficient (Wildman–Crippen LogP) is 2.09. The van der Waals surface area contributed by atoms with Gasteiger partial charge in [0, 0.05) is 6.20 Å². The third-order valence-electron chi connectivity index (χ3n) is 3.98. The summed E-state index contributed by atoms with van der Waals surface area (Å²) in [6.07, 6.45) is 3.67. The van der Waals surface area contributed by atoms with Gasteiger partial charge >= 0.3 is 0 Å². The monoisotopic (exact) mass is 282 g/mol. The Morgan fingerprint density at radius 2 is 1.81 bits per heavy atom. The highest BCUT2D eigenvalue weighted by atomic mass is 15.1. The first-order valence-corrected chi connectivity index (χ1v) is 6.84. The molecule has 3 heterocycles. The summed E-state index contributed by atoms with van der Waals surface area (Å²) < 4.78 is 1.96. The van der Waals surface area contributed by atoms with Gasteiger partial charge in [0.05, 0.1) is 24.3 Å². The lowest BCUT2D eigenvalue weighted by Crippen LogP contribution is -2.07. The molecule has 2 N–H and O–H groups in total. The minimum Gasteiger partial charge on any atom is -0.368 e. The standard InChI is InChI=1S/C15H18N6/c1-8-5-17-12(10(3)9(8)2)6-21-7-18-13-11(4)19-15(16)20-14(13)21/h5,7H,6H2,1-4H3,(H2,16,19,20). The van der Waals surface area contributed by atoms with Gasteiger partial charge in [0.15, 0.2) is 5.65 Å². The van der Waals surface area contributed by atoms with Crippen molar-refractivity contribution >= 4 is 17.1 Å². The van der Waals surface area contributed by atoms with Crippen LogP contribution in [0.1, 0.15) is 28.1 Å². The number of nitrogens with two attached hydrogens (primary N) is 1. The van der Waals surface area contributed by atoms with Crippen molar-refractivity contribution in [3.05, 3.63) is 40.6 Å². The van der Waals surface area contributed by atoms with Crippen LogP contribution in [0.3, 0.4) is 0 Å². The Balaban J connectivity index is 2.09. The summed E-state index contributed by atoms with van der Waals surface area (Å²) in [4.78, 5) is 17.4. The zero-order valence-electron chi connectivity index (χ0n) is 12.7. The summed E-state index contributed by atoms with van der Waals surface area (Å²) in [6, 6.07) is 0. The van der Waals surface area contributed by atoms with Gasteiger partial charge in [-0.15, -0.1) is 0 Å². The summed E-state index contributed by atoms with van der Waals surface area (Å²) in [5, 5.41) is 0. The van der Waals surface area contributed by atoms with Crippen LogP contribution in [0, 0.1) is 27.7 Å². The molecule has 0 unspecified atom stereocenters. The van der Waals surface area contributed by atoms with Gasteiger partial charge in [0.1, 0.15) is 5.52 Å². The second-order valence-corrected chi connectivity index (χ2v) is 5.35. The molecular weight excluding hydrogens is 264 g/mol. The van der Waals surface area contributed by atoms with E-state index in [2.05, 4.69) is 40.7 Å². The molecule has 0 amide bonds. The van der Waals surface area contributed by atoms with Gasteiger partial charge in [-0.1, -0.05) is 0 Å². The minimum atomic E-state index is 0.270. The molecule has 0 aliphatic carbocycles. The van der Waals surface area contributed by atoms with Crippen LogP contribution in [0.5, 0.6) is 0 Å². The van der Waals surface area contributed by atoms with Crippen LogP contribution in [0.4, 0.5) is 5.95 Å². The number of hydrogen-bond donors (Lipinski definition) is 1. The molecule has 0 spiro atoms. The third-order valence-corrected chi connectivity index (χ3v) is 3.98. The van der Waals surface area contributed by atoms with Crippen LogP contribution in [0.2, 0.25) is 0 Å². The van der Waals surface area contributed by atoms with Crippen molar-refractivity contribution < 1.29 is 0 Å². The van der Waals surface area contributed by atoms with Crippen molar-refractivity contribution in [2.75, 3.05) is 5.73 Å². The van der Waals surface area contributed by atoms with Crippen molar-refractivity contribution in [2.24, 2.45) is 0 Å². The van der Waals surface area contributed by atoms with E-state index in [0.717, 1.165) is 22.6 Å². The second-order valence-electron chi connectivity index (χ2n) is 5.35. The first kappa shape index (κ1) is 13.5. The van der Waals surface area contributed by atoms with Crippen LogP contribution in [-0.4, -0.2) is 24.5 Å². The first-order chi connectivity index (χ1) is 9.97. The highest BCUT2D eigenvalue weighted by Gasteiger charge is 2.12. The molecule has 0 aliphatic rings. The molecule has 0 saturated carbocycles. The van der Waals surface area contributed by atoms with Gasteiger partial charge in [-0.25, -0.2) is 9.97 Å². The predicted molar refractivity (Wildman–Crippen MR) is 82.0 cm³/mol. The normalized spacial score (nSPS) is 11.2. The summed E-state index contributed by atoms with van der Waals surface area (Å²) in [5.41, 5.74) is 12.8. The Kier molecular flexibility index (Phi) is 3.08. The van der Waals surface area contributed by atoms with E-state index < -0.39 is 0 Å². The fourth-order valence-corrected chi connectivity index (χ4v) is 2.42. The number of nitrogens with zero attached hydrogens (tertiary/aromatic N) is 5.